The smallest absolute Gasteiger partial charge is 0.221 e. The maximum absolute atomic E-state index is 12.0. The van der Waals surface area contributed by atoms with E-state index in [2.05, 4.69) is 34.3 Å². The van der Waals surface area contributed by atoms with Crippen LogP contribution in [0.1, 0.15) is 36.1 Å². The van der Waals surface area contributed by atoms with Gasteiger partial charge in [0, 0.05) is 29.5 Å². The monoisotopic (exact) mass is 368 g/mol. The van der Waals surface area contributed by atoms with E-state index in [1.165, 1.54) is 5.56 Å². The molecule has 0 radical (unpaired) electrons. The van der Waals surface area contributed by atoms with Gasteiger partial charge in [0.2, 0.25) is 5.91 Å². The quantitative estimate of drug-likeness (QED) is 0.372. The summed E-state index contributed by atoms with van der Waals surface area (Å²) < 4.78 is 0. The van der Waals surface area contributed by atoms with Crippen molar-refractivity contribution in [2.45, 2.75) is 30.7 Å². The molecule has 0 saturated carbocycles. The van der Waals surface area contributed by atoms with E-state index in [9.17, 15) is 4.79 Å². The number of benzene rings is 2. The van der Waals surface area contributed by atoms with E-state index >= 15 is 0 Å². The standard InChI is InChI=1S/C20H24N4OS/c1-2-22-19(25)12-17-16-11-14(8-7-13(16)9-10-23-17)24-20(21)15-5-3-4-6-18(15)26/h3-8,11,17,23,26H,2,9-10,12H2,1H3,(H2,21,24)(H,22,25). The molecular formula is C20H24N4OS. The molecule has 0 aromatic heterocycles. The Labute approximate surface area is 159 Å². The van der Waals surface area contributed by atoms with Gasteiger partial charge in [0.05, 0.1) is 5.69 Å². The molecule has 0 aliphatic carbocycles. The maximum Gasteiger partial charge on any atom is 0.221 e. The zero-order chi connectivity index (χ0) is 18.5. The minimum absolute atomic E-state index is 0.00107. The Morgan fingerprint density at radius 1 is 1.35 bits per heavy atom. The van der Waals surface area contributed by atoms with E-state index in [0.717, 1.165) is 34.7 Å². The highest BCUT2D eigenvalue weighted by Crippen LogP contribution is 2.29. The van der Waals surface area contributed by atoms with E-state index in [4.69, 9.17) is 5.73 Å². The van der Waals surface area contributed by atoms with Gasteiger partial charge < -0.3 is 16.4 Å². The Morgan fingerprint density at radius 2 is 2.15 bits per heavy atom. The van der Waals surface area contributed by atoms with Gasteiger partial charge >= 0.3 is 0 Å². The maximum atomic E-state index is 12.0. The van der Waals surface area contributed by atoms with Crippen molar-refractivity contribution in [1.29, 1.82) is 0 Å². The summed E-state index contributed by atoms with van der Waals surface area (Å²) in [7, 11) is 0. The molecule has 136 valence electrons. The lowest BCUT2D eigenvalue weighted by Gasteiger charge is -2.27. The van der Waals surface area contributed by atoms with Crippen LogP contribution in [0.3, 0.4) is 0 Å². The number of hydrogen-bond acceptors (Lipinski definition) is 4. The summed E-state index contributed by atoms with van der Waals surface area (Å²) in [5.74, 6) is 0.481. The normalized spacial score (nSPS) is 16.8. The SMILES string of the molecule is CCNC(=O)CC1NCCc2ccc(N=C(N)c3ccccc3S)cc21. The first-order valence-electron chi connectivity index (χ1n) is 8.84. The third-order valence-corrected chi connectivity index (χ3v) is 4.87. The van der Waals surface area contributed by atoms with Crippen LogP contribution in [0.15, 0.2) is 52.4 Å². The fraction of sp³-hybridized carbons (Fsp3) is 0.300. The molecule has 0 bridgehead atoms. The molecule has 5 nitrogen and oxygen atoms in total. The zero-order valence-electron chi connectivity index (χ0n) is 14.8. The summed E-state index contributed by atoms with van der Waals surface area (Å²) in [6.07, 6.45) is 1.36. The van der Waals surface area contributed by atoms with Crippen LogP contribution in [0.5, 0.6) is 0 Å². The van der Waals surface area contributed by atoms with Crippen molar-refractivity contribution in [3.63, 3.8) is 0 Å². The van der Waals surface area contributed by atoms with E-state index in [-0.39, 0.29) is 11.9 Å². The Balaban J connectivity index is 1.88. The third kappa shape index (κ3) is 4.26. The van der Waals surface area contributed by atoms with Crippen molar-refractivity contribution in [2.75, 3.05) is 13.1 Å². The van der Waals surface area contributed by atoms with Gasteiger partial charge in [-0.05, 0) is 49.2 Å². The number of rotatable bonds is 5. The lowest BCUT2D eigenvalue weighted by molar-refractivity contribution is -0.121. The van der Waals surface area contributed by atoms with Gasteiger partial charge in [-0.3, -0.25) is 4.79 Å². The second-order valence-corrected chi connectivity index (χ2v) is 6.79. The second-order valence-electron chi connectivity index (χ2n) is 6.31. The number of fused-ring (bicyclic) bond motifs is 1. The molecule has 1 aliphatic heterocycles. The first-order chi connectivity index (χ1) is 12.6. The van der Waals surface area contributed by atoms with Gasteiger partial charge in [-0.25, -0.2) is 4.99 Å². The molecule has 3 rings (SSSR count). The molecule has 0 saturated heterocycles. The minimum atomic E-state index is -0.00107. The summed E-state index contributed by atoms with van der Waals surface area (Å²) in [6.45, 7) is 3.44. The van der Waals surface area contributed by atoms with Gasteiger partial charge in [0.25, 0.3) is 0 Å². The fourth-order valence-corrected chi connectivity index (χ4v) is 3.50. The lowest BCUT2D eigenvalue weighted by atomic mass is 9.92. The minimum Gasteiger partial charge on any atom is -0.383 e. The summed E-state index contributed by atoms with van der Waals surface area (Å²) in [6, 6.07) is 13.7. The second kappa shape index (κ2) is 8.38. The van der Waals surface area contributed by atoms with Crippen LogP contribution in [-0.2, 0) is 11.2 Å². The molecule has 0 spiro atoms. The van der Waals surface area contributed by atoms with Crippen molar-refractivity contribution >= 4 is 30.1 Å². The third-order valence-electron chi connectivity index (χ3n) is 4.48. The number of amidine groups is 1. The van der Waals surface area contributed by atoms with Crippen molar-refractivity contribution in [1.82, 2.24) is 10.6 Å². The van der Waals surface area contributed by atoms with Crippen LogP contribution in [0.2, 0.25) is 0 Å². The number of carbonyl (C=O) groups is 1. The van der Waals surface area contributed by atoms with Crippen molar-refractivity contribution in [3.05, 3.63) is 59.2 Å². The van der Waals surface area contributed by atoms with Crippen LogP contribution >= 0.6 is 12.6 Å². The molecule has 1 atom stereocenters. The number of carbonyl (C=O) groups excluding carboxylic acids is 1. The number of nitrogens with zero attached hydrogens (tertiary/aromatic N) is 1. The molecule has 0 fully saturated rings. The number of amides is 1. The average Bonchev–Trinajstić information content (AvgIpc) is 2.62. The van der Waals surface area contributed by atoms with Crippen molar-refractivity contribution in [2.24, 2.45) is 10.7 Å². The van der Waals surface area contributed by atoms with Crippen LogP contribution in [-0.4, -0.2) is 24.8 Å². The number of nitrogens with two attached hydrogens (primary N) is 1. The van der Waals surface area contributed by atoms with Gasteiger partial charge in [0.1, 0.15) is 5.84 Å². The average molecular weight is 369 g/mol. The number of hydrogen-bond donors (Lipinski definition) is 4. The predicted octanol–water partition coefficient (Wildman–Crippen LogP) is 2.73. The fourth-order valence-electron chi connectivity index (χ4n) is 3.22. The predicted molar refractivity (Wildman–Crippen MR) is 108 cm³/mol. The molecule has 1 aliphatic rings. The summed E-state index contributed by atoms with van der Waals surface area (Å²) >= 11 is 4.44. The molecule has 26 heavy (non-hydrogen) atoms. The molecule has 2 aromatic carbocycles. The zero-order valence-corrected chi connectivity index (χ0v) is 15.7. The molecule has 2 aromatic rings. The Kier molecular flexibility index (Phi) is 5.96. The summed E-state index contributed by atoms with van der Waals surface area (Å²) in [5, 5.41) is 6.30. The largest absolute Gasteiger partial charge is 0.383 e. The first kappa shape index (κ1) is 18.5. The van der Waals surface area contributed by atoms with Crippen LogP contribution in [0, 0.1) is 0 Å². The summed E-state index contributed by atoms with van der Waals surface area (Å²) in [5.41, 5.74) is 10.1. The Hall–Kier alpha value is -2.31. The molecule has 1 amide bonds. The highest BCUT2D eigenvalue weighted by Gasteiger charge is 2.22. The molecule has 6 heteroatoms. The highest BCUT2D eigenvalue weighted by molar-refractivity contribution is 7.80. The van der Waals surface area contributed by atoms with E-state index in [1.54, 1.807) is 0 Å². The number of nitrogens with one attached hydrogen (secondary N) is 2. The van der Waals surface area contributed by atoms with Crippen molar-refractivity contribution in [3.8, 4) is 0 Å². The van der Waals surface area contributed by atoms with E-state index < -0.39 is 0 Å². The molecule has 4 N–H and O–H groups in total. The Bertz CT molecular complexity index is 834. The summed E-state index contributed by atoms with van der Waals surface area (Å²) in [4.78, 5) is 17.4. The molecule has 1 heterocycles. The van der Waals surface area contributed by atoms with Gasteiger partial charge in [0.15, 0.2) is 0 Å². The van der Waals surface area contributed by atoms with Crippen molar-refractivity contribution < 1.29 is 4.79 Å². The Morgan fingerprint density at radius 3 is 2.92 bits per heavy atom. The number of aliphatic imine (C=N–C) groups is 1. The molecule has 1 unspecified atom stereocenters. The number of thiol groups is 1. The molecular weight excluding hydrogens is 344 g/mol. The van der Waals surface area contributed by atoms with E-state index in [0.29, 0.717) is 18.8 Å². The van der Waals surface area contributed by atoms with Gasteiger partial charge in [-0.15, -0.1) is 12.6 Å². The first-order valence-corrected chi connectivity index (χ1v) is 9.28. The van der Waals surface area contributed by atoms with Gasteiger partial charge in [-0.1, -0.05) is 24.3 Å². The van der Waals surface area contributed by atoms with Crippen LogP contribution in [0.4, 0.5) is 5.69 Å². The van der Waals surface area contributed by atoms with Crippen LogP contribution < -0.4 is 16.4 Å². The topological polar surface area (TPSA) is 79.5 Å². The highest BCUT2D eigenvalue weighted by atomic mass is 32.1. The lowest BCUT2D eigenvalue weighted by Crippen LogP contribution is -2.34. The van der Waals surface area contributed by atoms with Gasteiger partial charge in [-0.2, -0.15) is 0 Å². The van der Waals surface area contributed by atoms with Crippen LogP contribution in [0.25, 0.3) is 0 Å². The van der Waals surface area contributed by atoms with E-state index in [1.807, 2.05) is 43.3 Å².